The van der Waals surface area contributed by atoms with Gasteiger partial charge >= 0.3 is 0 Å². The van der Waals surface area contributed by atoms with E-state index in [9.17, 15) is 9.59 Å². The number of hydrogen-bond acceptors (Lipinski definition) is 4. The van der Waals surface area contributed by atoms with Gasteiger partial charge in [0.05, 0.1) is 19.2 Å². The summed E-state index contributed by atoms with van der Waals surface area (Å²) >= 11 is 6.14. The highest BCUT2D eigenvalue weighted by Gasteiger charge is 2.10. The molecule has 0 saturated carbocycles. The second-order valence-corrected chi connectivity index (χ2v) is 5.73. The zero-order valence-corrected chi connectivity index (χ0v) is 15.4. The van der Waals surface area contributed by atoms with Crippen molar-refractivity contribution in [3.8, 4) is 11.5 Å². The molecule has 0 atom stereocenters. The Kier molecular flexibility index (Phi) is 6.63. The van der Waals surface area contributed by atoms with Crippen molar-refractivity contribution < 1.29 is 19.1 Å². The average molecular weight is 375 g/mol. The largest absolute Gasteiger partial charge is 0.493 e. The van der Waals surface area contributed by atoms with Crippen molar-refractivity contribution in [3.63, 3.8) is 0 Å². The summed E-state index contributed by atoms with van der Waals surface area (Å²) in [5.74, 6) is 0.463. The topological polar surface area (TPSA) is 76.7 Å². The highest BCUT2D eigenvalue weighted by Crippen LogP contribution is 2.36. The molecule has 0 fully saturated rings. The van der Waals surface area contributed by atoms with E-state index in [2.05, 4.69) is 10.6 Å². The van der Waals surface area contributed by atoms with Gasteiger partial charge in [-0.3, -0.25) is 9.59 Å². The van der Waals surface area contributed by atoms with Crippen molar-refractivity contribution in [2.45, 2.75) is 6.92 Å². The van der Waals surface area contributed by atoms with Crippen LogP contribution in [0.2, 0.25) is 5.02 Å². The monoisotopic (exact) mass is 374 g/mol. The third-order valence-corrected chi connectivity index (χ3v) is 3.64. The van der Waals surface area contributed by atoms with Crippen LogP contribution in [0, 0.1) is 0 Å². The fourth-order valence-corrected chi connectivity index (χ4v) is 2.53. The number of amides is 2. The first-order chi connectivity index (χ1) is 12.4. The average Bonchev–Trinajstić information content (AvgIpc) is 2.60. The molecule has 0 saturated heterocycles. The molecule has 0 spiro atoms. The van der Waals surface area contributed by atoms with Crippen LogP contribution < -0.4 is 20.1 Å². The Morgan fingerprint density at radius 3 is 2.15 bits per heavy atom. The van der Waals surface area contributed by atoms with Crippen LogP contribution in [0.25, 0.3) is 6.08 Å². The summed E-state index contributed by atoms with van der Waals surface area (Å²) in [6, 6.07) is 10.2. The highest BCUT2D eigenvalue weighted by molar-refractivity contribution is 6.32. The number of rotatable bonds is 6. The van der Waals surface area contributed by atoms with Gasteiger partial charge in [-0.15, -0.1) is 0 Å². The van der Waals surface area contributed by atoms with Gasteiger partial charge in [-0.05, 0) is 48.0 Å². The Labute approximate surface area is 156 Å². The Balaban J connectivity index is 2.05. The van der Waals surface area contributed by atoms with Crippen molar-refractivity contribution in [3.05, 3.63) is 53.1 Å². The summed E-state index contributed by atoms with van der Waals surface area (Å²) in [5.41, 5.74) is 1.97. The molecule has 0 aromatic heterocycles. The molecule has 2 rings (SSSR count). The lowest BCUT2D eigenvalue weighted by atomic mass is 10.2. The maximum Gasteiger partial charge on any atom is 0.248 e. The lowest BCUT2D eigenvalue weighted by Gasteiger charge is -2.10. The fraction of sp³-hybridized carbons (Fsp3) is 0.158. The number of ether oxygens (including phenoxy) is 2. The molecule has 6 nitrogen and oxygen atoms in total. The molecule has 0 bridgehead atoms. The summed E-state index contributed by atoms with van der Waals surface area (Å²) in [6.07, 6.45) is 3.01. The van der Waals surface area contributed by atoms with Gasteiger partial charge in [-0.25, -0.2) is 0 Å². The zero-order valence-electron chi connectivity index (χ0n) is 14.6. The number of anilines is 2. The van der Waals surface area contributed by atoms with Gasteiger partial charge in [0.2, 0.25) is 11.8 Å². The van der Waals surface area contributed by atoms with Gasteiger partial charge in [0.15, 0.2) is 11.5 Å². The predicted octanol–water partition coefficient (Wildman–Crippen LogP) is 3.97. The number of halogens is 1. The molecule has 0 heterocycles. The maximum atomic E-state index is 12.1. The second kappa shape index (κ2) is 8.92. The minimum absolute atomic E-state index is 0.154. The smallest absolute Gasteiger partial charge is 0.248 e. The van der Waals surface area contributed by atoms with Crippen LogP contribution in [0.1, 0.15) is 12.5 Å². The molecule has 0 radical (unpaired) electrons. The molecule has 0 unspecified atom stereocenters. The van der Waals surface area contributed by atoms with Crippen LogP contribution >= 0.6 is 11.6 Å². The molecule has 2 amide bonds. The molecule has 26 heavy (non-hydrogen) atoms. The number of carbonyl (C=O) groups excluding carboxylic acids is 2. The lowest BCUT2D eigenvalue weighted by molar-refractivity contribution is -0.114. The van der Waals surface area contributed by atoms with Crippen LogP contribution in [0.4, 0.5) is 11.4 Å². The summed E-state index contributed by atoms with van der Waals surface area (Å²) in [4.78, 5) is 23.0. The number of methoxy groups -OCH3 is 2. The third kappa shape index (κ3) is 5.26. The van der Waals surface area contributed by atoms with Crippen molar-refractivity contribution in [2.75, 3.05) is 24.9 Å². The lowest BCUT2D eigenvalue weighted by Crippen LogP contribution is -2.08. The van der Waals surface area contributed by atoms with E-state index < -0.39 is 0 Å². The first kappa shape index (κ1) is 19.3. The van der Waals surface area contributed by atoms with Crippen molar-refractivity contribution in [2.24, 2.45) is 0 Å². The molecule has 0 aliphatic carbocycles. The van der Waals surface area contributed by atoms with Crippen LogP contribution in [0.15, 0.2) is 42.5 Å². The molecular formula is C19H19ClN2O4. The van der Waals surface area contributed by atoms with E-state index in [1.54, 1.807) is 42.5 Å². The number of carbonyl (C=O) groups is 2. The molecule has 2 aromatic rings. The number of hydrogen-bond donors (Lipinski definition) is 2. The van der Waals surface area contributed by atoms with E-state index in [4.69, 9.17) is 21.1 Å². The van der Waals surface area contributed by atoms with Crippen LogP contribution in [0.5, 0.6) is 11.5 Å². The van der Waals surface area contributed by atoms with Crippen LogP contribution in [-0.4, -0.2) is 26.0 Å². The first-order valence-corrected chi connectivity index (χ1v) is 8.09. The van der Waals surface area contributed by atoms with E-state index in [1.807, 2.05) is 0 Å². The highest BCUT2D eigenvalue weighted by atomic mass is 35.5. The molecule has 2 aromatic carbocycles. The summed E-state index contributed by atoms with van der Waals surface area (Å²) in [6.45, 7) is 1.43. The molecule has 136 valence electrons. The summed E-state index contributed by atoms with van der Waals surface area (Å²) < 4.78 is 10.4. The van der Waals surface area contributed by atoms with Crippen molar-refractivity contribution >= 4 is 40.9 Å². The Morgan fingerprint density at radius 1 is 1.00 bits per heavy atom. The number of benzene rings is 2. The molecule has 2 N–H and O–H groups in total. The Bertz CT molecular complexity index is 832. The third-order valence-electron chi connectivity index (χ3n) is 3.36. The predicted molar refractivity (Wildman–Crippen MR) is 103 cm³/mol. The summed E-state index contributed by atoms with van der Waals surface area (Å²) in [7, 11) is 3.02. The molecule has 0 aliphatic rings. The van der Waals surface area contributed by atoms with E-state index in [1.165, 1.54) is 27.2 Å². The van der Waals surface area contributed by atoms with Gasteiger partial charge in [-0.2, -0.15) is 0 Å². The van der Waals surface area contributed by atoms with Gasteiger partial charge < -0.3 is 20.1 Å². The molecule has 7 heteroatoms. The Morgan fingerprint density at radius 2 is 1.62 bits per heavy atom. The van der Waals surface area contributed by atoms with Gasteiger partial charge in [0.25, 0.3) is 0 Å². The van der Waals surface area contributed by atoms with Gasteiger partial charge in [0.1, 0.15) is 0 Å². The maximum absolute atomic E-state index is 12.1. The normalized spacial score (nSPS) is 10.5. The van der Waals surface area contributed by atoms with E-state index >= 15 is 0 Å². The van der Waals surface area contributed by atoms with Gasteiger partial charge in [0, 0.05) is 24.4 Å². The zero-order chi connectivity index (χ0) is 19.1. The molecule has 0 aliphatic heterocycles. The SMILES string of the molecule is COc1cc(/C=C/C(=O)Nc2ccc(NC(C)=O)cc2)cc(Cl)c1OC. The summed E-state index contributed by atoms with van der Waals surface area (Å²) in [5, 5.41) is 5.78. The minimum atomic E-state index is -0.303. The number of nitrogens with one attached hydrogen (secondary N) is 2. The standard InChI is InChI=1S/C19H19ClN2O4/c1-12(23)21-14-5-7-15(8-6-14)22-18(24)9-4-13-10-16(20)19(26-3)17(11-13)25-2/h4-11H,1-3H3,(H,21,23)(H,22,24)/b9-4+. The quantitative estimate of drug-likeness (QED) is 0.750. The van der Waals surface area contributed by atoms with E-state index in [0.717, 1.165) is 0 Å². The van der Waals surface area contributed by atoms with E-state index in [0.29, 0.717) is 33.5 Å². The van der Waals surface area contributed by atoms with Crippen LogP contribution in [0.3, 0.4) is 0 Å². The first-order valence-electron chi connectivity index (χ1n) is 7.71. The van der Waals surface area contributed by atoms with Crippen LogP contribution in [-0.2, 0) is 9.59 Å². The fourth-order valence-electron chi connectivity index (χ4n) is 2.23. The van der Waals surface area contributed by atoms with E-state index in [-0.39, 0.29) is 11.8 Å². The second-order valence-electron chi connectivity index (χ2n) is 5.32. The van der Waals surface area contributed by atoms with Crippen molar-refractivity contribution in [1.82, 2.24) is 0 Å². The minimum Gasteiger partial charge on any atom is -0.493 e. The van der Waals surface area contributed by atoms with Gasteiger partial charge in [-0.1, -0.05) is 11.6 Å². The van der Waals surface area contributed by atoms with Crippen molar-refractivity contribution in [1.29, 1.82) is 0 Å². The molecular weight excluding hydrogens is 356 g/mol. The Hall–Kier alpha value is -2.99.